The quantitative estimate of drug-likeness (QED) is 0.0518. The number of hydrogen-bond donors (Lipinski definition) is 10. The van der Waals surface area contributed by atoms with Gasteiger partial charge in [0.2, 0.25) is 23.6 Å². The largest absolute Gasteiger partial charge is 0.480 e. The van der Waals surface area contributed by atoms with Gasteiger partial charge in [0.1, 0.15) is 24.2 Å². The molecule has 5 atom stereocenters. The minimum atomic E-state index is -1.54. The Bertz CT molecular complexity index is 1340. The maximum Gasteiger partial charge on any atom is 0.326 e. The number of benzene rings is 1. The number of hydrogen-bond acceptors (Lipinski definition) is 8. The molecular formula is C28H43N9O7. The molecule has 0 aliphatic rings. The van der Waals surface area contributed by atoms with Crippen molar-refractivity contribution in [2.75, 3.05) is 13.1 Å². The second-order valence-corrected chi connectivity index (χ2v) is 10.7. The van der Waals surface area contributed by atoms with Crippen molar-refractivity contribution in [1.82, 2.24) is 26.3 Å². The van der Waals surface area contributed by atoms with Gasteiger partial charge in [-0.1, -0.05) is 32.0 Å². The van der Waals surface area contributed by atoms with Gasteiger partial charge in [0.15, 0.2) is 5.96 Å². The smallest absolute Gasteiger partial charge is 0.326 e. The van der Waals surface area contributed by atoms with Gasteiger partial charge in [0.05, 0.1) is 12.6 Å². The first-order chi connectivity index (χ1) is 20.7. The van der Waals surface area contributed by atoms with E-state index in [9.17, 15) is 34.2 Å². The highest BCUT2D eigenvalue weighted by Gasteiger charge is 2.34. The fraction of sp³-hybridized carbons (Fsp3) is 0.500. The van der Waals surface area contributed by atoms with Crippen LogP contribution >= 0.6 is 0 Å². The van der Waals surface area contributed by atoms with Crippen molar-refractivity contribution >= 4 is 46.5 Å². The zero-order chi connectivity index (χ0) is 33.0. The standard InChI is InChI=1S/C28H43N9O7/c1-14(2)22(27(43)44)36-26(42)23(15(3)38)37-24(40)19(9-6-10-32-28(30)31)35-25(41)20(34-21(39)12-29)11-16-13-33-18-8-5-4-7-17(16)18/h4-5,7-8,13-15,19-20,22-23,33,38H,6,9-12,29H2,1-3H3,(H,34,39)(H,35,41)(H,36,42)(H,37,40)(H,43,44)(H4,30,31,32)/t15-,19+,20+,22+,23+/m1/s1. The number of fused-ring (bicyclic) bond motifs is 1. The van der Waals surface area contributed by atoms with Gasteiger partial charge in [-0.05, 0) is 37.3 Å². The third-order valence-electron chi connectivity index (χ3n) is 6.81. The summed E-state index contributed by atoms with van der Waals surface area (Å²) < 4.78 is 0. The van der Waals surface area contributed by atoms with Crippen molar-refractivity contribution < 1.29 is 34.2 Å². The number of aliphatic carboxylic acids is 1. The van der Waals surface area contributed by atoms with Crippen molar-refractivity contribution in [2.45, 2.75) is 70.3 Å². The summed E-state index contributed by atoms with van der Waals surface area (Å²) in [6.07, 6.45) is 0.605. The number of aliphatic hydroxyl groups is 1. The molecule has 2 aromatic rings. The van der Waals surface area contributed by atoms with Crippen molar-refractivity contribution in [3.05, 3.63) is 36.0 Å². The summed E-state index contributed by atoms with van der Waals surface area (Å²) in [5.74, 6) is -4.99. The lowest BCUT2D eigenvalue weighted by Gasteiger charge is -2.27. The number of nitrogens with one attached hydrogen (secondary N) is 5. The molecule has 13 N–H and O–H groups in total. The Morgan fingerprint density at radius 2 is 1.55 bits per heavy atom. The number of rotatable bonds is 17. The van der Waals surface area contributed by atoms with E-state index in [0.29, 0.717) is 0 Å². The maximum atomic E-state index is 13.5. The average molecular weight is 618 g/mol. The second-order valence-electron chi connectivity index (χ2n) is 10.7. The van der Waals surface area contributed by atoms with E-state index in [-0.39, 0.29) is 38.3 Å². The Kier molecular flexibility index (Phi) is 13.6. The summed E-state index contributed by atoms with van der Waals surface area (Å²) in [5, 5.41) is 30.5. The summed E-state index contributed by atoms with van der Waals surface area (Å²) in [4.78, 5) is 70.7. The van der Waals surface area contributed by atoms with E-state index < -0.39 is 65.8 Å². The molecule has 242 valence electrons. The summed E-state index contributed by atoms with van der Waals surface area (Å²) in [7, 11) is 0. The number of H-pyrrole nitrogens is 1. The first-order valence-corrected chi connectivity index (χ1v) is 14.2. The highest BCUT2D eigenvalue weighted by Crippen LogP contribution is 2.19. The number of aromatic amines is 1. The molecule has 4 amide bonds. The molecule has 0 bridgehead atoms. The molecule has 0 radical (unpaired) electrons. The van der Waals surface area contributed by atoms with E-state index in [4.69, 9.17) is 17.2 Å². The van der Waals surface area contributed by atoms with Crippen LogP contribution in [0.2, 0.25) is 0 Å². The zero-order valence-corrected chi connectivity index (χ0v) is 25.0. The van der Waals surface area contributed by atoms with Gasteiger partial charge in [0, 0.05) is 30.1 Å². The number of carbonyl (C=O) groups excluding carboxylic acids is 4. The number of nitrogens with zero attached hydrogens (tertiary/aromatic N) is 1. The molecule has 16 heteroatoms. The van der Waals surface area contributed by atoms with Crippen LogP contribution in [0.25, 0.3) is 10.9 Å². The first-order valence-electron chi connectivity index (χ1n) is 14.2. The van der Waals surface area contributed by atoms with Crippen LogP contribution in [-0.2, 0) is 30.4 Å². The maximum absolute atomic E-state index is 13.5. The molecule has 0 aliphatic carbocycles. The third kappa shape index (κ3) is 10.5. The summed E-state index contributed by atoms with van der Waals surface area (Å²) in [6, 6.07) is 2.20. The minimum Gasteiger partial charge on any atom is -0.480 e. The number of guanidine groups is 1. The lowest BCUT2D eigenvalue weighted by atomic mass is 10.0. The van der Waals surface area contributed by atoms with Gasteiger partial charge < -0.3 is 53.7 Å². The summed E-state index contributed by atoms with van der Waals surface area (Å²) in [6.45, 7) is 4.18. The lowest BCUT2D eigenvalue weighted by molar-refractivity contribution is -0.144. The van der Waals surface area contributed by atoms with Gasteiger partial charge in [-0.3, -0.25) is 24.2 Å². The number of amides is 4. The van der Waals surface area contributed by atoms with Gasteiger partial charge in [-0.2, -0.15) is 0 Å². The molecule has 0 fully saturated rings. The van der Waals surface area contributed by atoms with Crippen LogP contribution in [0.3, 0.4) is 0 Å². The Morgan fingerprint density at radius 3 is 2.14 bits per heavy atom. The number of carboxylic acid groups (broad SMARTS) is 1. The zero-order valence-electron chi connectivity index (χ0n) is 25.0. The number of carboxylic acids is 1. The molecule has 0 unspecified atom stereocenters. The molecule has 2 rings (SSSR count). The molecule has 0 saturated carbocycles. The SMILES string of the molecule is CC(C)[C@H](NC(=O)[C@@H](NC(=O)[C@H](CCCN=C(N)N)NC(=O)[C@H](Cc1c[nH]c2ccccc12)NC(=O)CN)[C@@H](C)O)C(=O)O. The number of aromatic nitrogens is 1. The molecular weight excluding hydrogens is 574 g/mol. The molecule has 0 saturated heterocycles. The Morgan fingerprint density at radius 1 is 0.909 bits per heavy atom. The molecule has 16 nitrogen and oxygen atoms in total. The van der Waals surface area contributed by atoms with Crippen LogP contribution < -0.4 is 38.5 Å². The van der Waals surface area contributed by atoms with Gasteiger partial charge in [-0.15, -0.1) is 0 Å². The molecule has 0 spiro atoms. The van der Waals surface area contributed by atoms with E-state index in [2.05, 4.69) is 31.2 Å². The number of nitrogens with two attached hydrogens (primary N) is 3. The predicted octanol–water partition coefficient (Wildman–Crippen LogP) is -2.22. The van der Waals surface area contributed by atoms with E-state index in [1.54, 1.807) is 20.0 Å². The molecule has 0 aliphatic heterocycles. The average Bonchev–Trinajstić information content (AvgIpc) is 3.37. The Balaban J connectivity index is 2.30. The van der Waals surface area contributed by atoms with Crippen molar-refractivity contribution in [3.8, 4) is 0 Å². The number of aliphatic imine (C=N–C) groups is 1. The van der Waals surface area contributed by atoms with Crippen LogP contribution in [0.1, 0.15) is 39.2 Å². The monoisotopic (exact) mass is 617 g/mol. The van der Waals surface area contributed by atoms with Crippen LogP contribution in [0.15, 0.2) is 35.5 Å². The number of aliphatic hydroxyl groups excluding tert-OH is 1. The fourth-order valence-corrected chi connectivity index (χ4v) is 4.44. The second kappa shape index (κ2) is 16.8. The summed E-state index contributed by atoms with van der Waals surface area (Å²) >= 11 is 0. The third-order valence-corrected chi connectivity index (χ3v) is 6.81. The number of carbonyl (C=O) groups is 5. The Labute approximate surface area is 254 Å². The summed E-state index contributed by atoms with van der Waals surface area (Å²) in [5.41, 5.74) is 17.8. The normalized spacial score (nSPS) is 14.5. The van der Waals surface area contributed by atoms with E-state index in [0.717, 1.165) is 16.5 Å². The lowest BCUT2D eigenvalue weighted by Crippen LogP contribution is -2.60. The highest BCUT2D eigenvalue weighted by atomic mass is 16.4. The fourth-order valence-electron chi connectivity index (χ4n) is 4.44. The van der Waals surface area contributed by atoms with Gasteiger partial charge in [-0.25, -0.2) is 4.79 Å². The van der Waals surface area contributed by atoms with E-state index >= 15 is 0 Å². The first kappa shape index (κ1) is 35.5. The molecule has 1 heterocycles. The van der Waals surface area contributed by atoms with Crippen LogP contribution in [0.4, 0.5) is 0 Å². The van der Waals surface area contributed by atoms with Crippen LogP contribution in [-0.4, -0.2) is 94.1 Å². The van der Waals surface area contributed by atoms with Crippen molar-refractivity contribution in [2.24, 2.45) is 28.1 Å². The van der Waals surface area contributed by atoms with Gasteiger partial charge in [0.25, 0.3) is 0 Å². The molecule has 44 heavy (non-hydrogen) atoms. The van der Waals surface area contributed by atoms with E-state index in [1.807, 2.05) is 24.3 Å². The number of para-hydroxylation sites is 1. The van der Waals surface area contributed by atoms with Crippen molar-refractivity contribution in [3.63, 3.8) is 0 Å². The predicted molar refractivity (Wildman–Crippen MR) is 163 cm³/mol. The minimum absolute atomic E-state index is 0.0108. The van der Waals surface area contributed by atoms with Crippen LogP contribution in [0, 0.1) is 5.92 Å². The van der Waals surface area contributed by atoms with Crippen LogP contribution in [0.5, 0.6) is 0 Å². The molecule has 1 aromatic heterocycles. The van der Waals surface area contributed by atoms with Crippen molar-refractivity contribution in [1.29, 1.82) is 0 Å². The van der Waals surface area contributed by atoms with Gasteiger partial charge >= 0.3 is 5.97 Å². The van der Waals surface area contributed by atoms with E-state index in [1.165, 1.54) is 6.92 Å². The topological polar surface area (TPSA) is 280 Å². The Hall–Kier alpha value is -4.70. The molecule has 1 aromatic carbocycles. The highest BCUT2D eigenvalue weighted by molar-refractivity contribution is 5.96.